The van der Waals surface area contributed by atoms with E-state index in [4.69, 9.17) is 4.74 Å². The van der Waals surface area contributed by atoms with Crippen LogP contribution in [0.4, 0.5) is 5.13 Å². The number of thiazole rings is 1. The van der Waals surface area contributed by atoms with Crippen LogP contribution in [0.1, 0.15) is 42.1 Å². The Balaban J connectivity index is 2.21. The van der Waals surface area contributed by atoms with Crippen LogP contribution >= 0.6 is 11.3 Å². The van der Waals surface area contributed by atoms with Crippen molar-refractivity contribution >= 4 is 22.4 Å². The van der Waals surface area contributed by atoms with Crippen LogP contribution in [-0.2, 0) is 4.74 Å². The fourth-order valence-corrected chi connectivity index (χ4v) is 3.14. The highest BCUT2D eigenvalue weighted by Gasteiger charge is 2.25. The quantitative estimate of drug-likeness (QED) is 0.778. The van der Waals surface area contributed by atoms with Gasteiger partial charge in [-0.15, -0.1) is 11.3 Å². The number of esters is 1. The molecule has 1 fully saturated rings. The summed E-state index contributed by atoms with van der Waals surface area (Å²) in [5.41, 5.74) is 0.478. The third-order valence-electron chi connectivity index (χ3n) is 3.05. The van der Waals surface area contributed by atoms with Crippen LogP contribution in [0.25, 0.3) is 0 Å². The molecule has 1 aliphatic rings. The van der Waals surface area contributed by atoms with Crippen molar-refractivity contribution in [3.8, 4) is 0 Å². The first-order valence-corrected chi connectivity index (χ1v) is 6.86. The zero-order valence-corrected chi connectivity index (χ0v) is 11.3. The summed E-state index contributed by atoms with van der Waals surface area (Å²) >= 11 is 1.58. The highest BCUT2D eigenvalue weighted by Crippen LogP contribution is 2.31. The van der Waals surface area contributed by atoms with E-state index in [2.05, 4.69) is 16.8 Å². The van der Waals surface area contributed by atoms with Gasteiger partial charge in [0.05, 0.1) is 6.61 Å². The number of nitrogens with zero attached hydrogens (tertiary/aromatic N) is 2. The van der Waals surface area contributed by atoms with Gasteiger partial charge in [0.15, 0.2) is 10.8 Å². The predicted molar refractivity (Wildman–Crippen MR) is 68.8 cm³/mol. The third-order valence-corrected chi connectivity index (χ3v) is 4.06. The average molecular weight is 254 g/mol. The molecule has 0 aromatic carbocycles. The summed E-state index contributed by atoms with van der Waals surface area (Å²) in [6.45, 7) is 7.37. The predicted octanol–water partition coefficient (Wildman–Crippen LogP) is 2.62. The smallest absolute Gasteiger partial charge is 0.358 e. The molecule has 1 unspecified atom stereocenters. The van der Waals surface area contributed by atoms with Crippen LogP contribution in [0.3, 0.4) is 0 Å². The molecule has 0 aliphatic carbocycles. The van der Waals surface area contributed by atoms with Crippen molar-refractivity contribution in [2.75, 3.05) is 18.1 Å². The molecule has 1 atom stereocenters. The molecule has 1 aliphatic heterocycles. The molecule has 0 N–H and O–H groups in total. The molecular formula is C12H18N2O2S. The maximum absolute atomic E-state index is 11.7. The van der Waals surface area contributed by atoms with Crippen LogP contribution in [-0.4, -0.2) is 30.1 Å². The zero-order chi connectivity index (χ0) is 12.4. The minimum Gasteiger partial charge on any atom is -0.461 e. The Morgan fingerprint density at radius 2 is 2.41 bits per heavy atom. The molecule has 2 heterocycles. The molecule has 94 valence electrons. The molecule has 1 saturated heterocycles. The molecular weight excluding hydrogens is 236 g/mol. The van der Waals surface area contributed by atoms with Crippen molar-refractivity contribution in [3.05, 3.63) is 10.6 Å². The molecule has 0 radical (unpaired) electrons. The van der Waals surface area contributed by atoms with Gasteiger partial charge in [-0.25, -0.2) is 9.78 Å². The summed E-state index contributed by atoms with van der Waals surface area (Å²) in [6.07, 6.45) is 2.40. The van der Waals surface area contributed by atoms with Crippen LogP contribution in [0.5, 0.6) is 0 Å². The highest BCUT2D eigenvalue weighted by atomic mass is 32.1. The maximum atomic E-state index is 11.7. The lowest BCUT2D eigenvalue weighted by molar-refractivity contribution is 0.0519. The van der Waals surface area contributed by atoms with Gasteiger partial charge in [-0.3, -0.25) is 0 Å². The average Bonchev–Trinajstić information content (AvgIpc) is 2.84. The Hall–Kier alpha value is -1.10. The number of hydrogen-bond donors (Lipinski definition) is 0. The van der Waals surface area contributed by atoms with E-state index < -0.39 is 0 Å². The Morgan fingerprint density at radius 3 is 3.00 bits per heavy atom. The lowest BCUT2D eigenvalue weighted by Gasteiger charge is -2.19. The van der Waals surface area contributed by atoms with E-state index >= 15 is 0 Å². The van der Waals surface area contributed by atoms with Crippen molar-refractivity contribution in [1.82, 2.24) is 4.98 Å². The van der Waals surface area contributed by atoms with Gasteiger partial charge in [0.2, 0.25) is 0 Å². The van der Waals surface area contributed by atoms with E-state index in [1.54, 1.807) is 11.3 Å². The van der Waals surface area contributed by atoms with Gasteiger partial charge in [0.25, 0.3) is 0 Å². The van der Waals surface area contributed by atoms with E-state index in [9.17, 15) is 4.79 Å². The molecule has 4 nitrogen and oxygen atoms in total. The van der Waals surface area contributed by atoms with Crippen LogP contribution in [0.2, 0.25) is 0 Å². The highest BCUT2D eigenvalue weighted by molar-refractivity contribution is 7.15. The van der Waals surface area contributed by atoms with E-state index in [0.717, 1.165) is 16.6 Å². The van der Waals surface area contributed by atoms with Gasteiger partial charge in [0, 0.05) is 17.5 Å². The number of carbonyl (C=O) groups is 1. The number of rotatable bonds is 3. The van der Waals surface area contributed by atoms with Gasteiger partial charge < -0.3 is 9.64 Å². The number of anilines is 1. The second kappa shape index (κ2) is 5.04. The number of aromatic nitrogens is 1. The summed E-state index contributed by atoms with van der Waals surface area (Å²) in [5.74, 6) is -0.306. The molecule has 17 heavy (non-hydrogen) atoms. The lowest BCUT2D eigenvalue weighted by Crippen LogP contribution is -2.26. The van der Waals surface area contributed by atoms with Crippen molar-refractivity contribution < 1.29 is 9.53 Å². The number of hydrogen-bond acceptors (Lipinski definition) is 5. The summed E-state index contributed by atoms with van der Waals surface area (Å²) in [4.78, 5) is 19.3. The maximum Gasteiger partial charge on any atom is 0.358 e. The van der Waals surface area contributed by atoms with Gasteiger partial charge in [-0.05, 0) is 33.6 Å². The largest absolute Gasteiger partial charge is 0.461 e. The number of aryl methyl sites for hydroxylation is 1. The van der Waals surface area contributed by atoms with Crippen molar-refractivity contribution in [1.29, 1.82) is 0 Å². The Bertz CT molecular complexity index is 417. The second-order valence-corrected chi connectivity index (χ2v) is 5.49. The first-order valence-electron chi connectivity index (χ1n) is 6.04. The van der Waals surface area contributed by atoms with Gasteiger partial charge in [-0.2, -0.15) is 0 Å². The van der Waals surface area contributed by atoms with E-state index in [1.165, 1.54) is 12.8 Å². The lowest BCUT2D eigenvalue weighted by atomic mass is 10.2. The normalized spacial score (nSPS) is 19.7. The first kappa shape index (κ1) is 12.4. The van der Waals surface area contributed by atoms with Crippen LogP contribution < -0.4 is 4.90 Å². The Kier molecular flexibility index (Phi) is 3.66. The van der Waals surface area contributed by atoms with Crippen molar-refractivity contribution in [2.24, 2.45) is 0 Å². The third kappa shape index (κ3) is 2.44. The van der Waals surface area contributed by atoms with Gasteiger partial charge in [0.1, 0.15) is 0 Å². The Labute approximate surface area is 106 Å². The Morgan fingerprint density at radius 1 is 1.65 bits per heavy atom. The van der Waals surface area contributed by atoms with Crippen LogP contribution in [0.15, 0.2) is 0 Å². The molecule has 0 spiro atoms. The summed E-state index contributed by atoms with van der Waals surface area (Å²) < 4.78 is 5.00. The van der Waals surface area contributed by atoms with Crippen LogP contribution in [0, 0.1) is 6.92 Å². The summed E-state index contributed by atoms with van der Waals surface area (Å²) in [6, 6.07) is 0.524. The van der Waals surface area contributed by atoms with Crippen molar-refractivity contribution in [3.63, 3.8) is 0 Å². The fraction of sp³-hybridized carbons (Fsp3) is 0.667. The van der Waals surface area contributed by atoms with Gasteiger partial charge in [-0.1, -0.05) is 0 Å². The summed E-state index contributed by atoms with van der Waals surface area (Å²) in [5, 5.41) is 0.954. The summed E-state index contributed by atoms with van der Waals surface area (Å²) in [7, 11) is 0. The molecule has 5 heteroatoms. The van der Waals surface area contributed by atoms with E-state index in [1.807, 2.05) is 13.8 Å². The monoisotopic (exact) mass is 254 g/mol. The van der Waals surface area contributed by atoms with E-state index in [-0.39, 0.29) is 5.97 Å². The van der Waals surface area contributed by atoms with E-state index in [0.29, 0.717) is 18.3 Å². The standard InChI is InChI=1S/C12H18N2O2S/c1-4-16-11(15)10-9(3)17-12(13-10)14-7-5-6-8(14)2/h8H,4-7H2,1-3H3. The number of ether oxygens (including phenoxy) is 1. The number of carbonyl (C=O) groups excluding carboxylic acids is 1. The minimum absolute atomic E-state index is 0.306. The molecule has 0 bridgehead atoms. The minimum atomic E-state index is -0.306. The SMILES string of the molecule is CCOC(=O)c1nc(N2CCCC2C)sc1C. The second-order valence-electron chi connectivity index (χ2n) is 4.31. The molecule has 0 saturated carbocycles. The fourth-order valence-electron chi connectivity index (χ4n) is 2.11. The van der Waals surface area contributed by atoms with Crippen molar-refractivity contribution in [2.45, 2.75) is 39.7 Å². The molecule has 1 aromatic rings. The van der Waals surface area contributed by atoms with Gasteiger partial charge >= 0.3 is 5.97 Å². The molecule has 0 amide bonds. The zero-order valence-electron chi connectivity index (χ0n) is 10.5. The molecule has 2 rings (SSSR count). The topological polar surface area (TPSA) is 42.4 Å². The molecule has 1 aromatic heterocycles. The first-order chi connectivity index (χ1) is 8.13.